The van der Waals surface area contributed by atoms with Crippen LogP contribution in [0.2, 0.25) is 0 Å². The molecule has 1 saturated carbocycles. The van der Waals surface area contributed by atoms with E-state index >= 15 is 8.78 Å². The lowest BCUT2D eigenvalue weighted by atomic mass is 9.75. The minimum atomic E-state index is -3.28. The van der Waals surface area contributed by atoms with E-state index in [1.54, 1.807) is 35.2 Å². The summed E-state index contributed by atoms with van der Waals surface area (Å²) < 4.78 is 62.4. The van der Waals surface area contributed by atoms with Crippen LogP contribution in [0.4, 0.5) is 8.78 Å². The van der Waals surface area contributed by atoms with E-state index in [0.717, 1.165) is 11.1 Å². The van der Waals surface area contributed by atoms with Gasteiger partial charge in [0.2, 0.25) is 0 Å². The van der Waals surface area contributed by atoms with Gasteiger partial charge in [-0.3, -0.25) is 4.98 Å². The standard InChI is InChI=1S/C31H35F2N5O4S/c1-18-11-19(12-26(34)30(18)43(2,40)41)23-5-8-35-16-20(23)13-28-36-17-22-3-4-27(37-38(22)28)29-24(32)14-21(15-25(29)33)31(39)6-9-42-10-7-31/h3-5,8,14-19,26,30,39H,6-7,9-13,34H2,1-2H3/t18-,19+,26+,30+/m0/s1. The van der Waals surface area contributed by atoms with Gasteiger partial charge >= 0.3 is 0 Å². The van der Waals surface area contributed by atoms with Crippen molar-refractivity contribution in [2.75, 3.05) is 19.5 Å². The molecule has 43 heavy (non-hydrogen) atoms. The number of nitrogens with zero attached hydrogens (tertiary/aromatic N) is 4. The van der Waals surface area contributed by atoms with E-state index in [1.165, 1.54) is 18.4 Å². The smallest absolute Gasteiger partial charge is 0.152 e. The van der Waals surface area contributed by atoms with Gasteiger partial charge in [0.15, 0.2) is 9.84 Å². The third kappa shape index (κ3) is 5.68. The molecular weight excluding hydrogens is 576 g/mol. The van der Waals surface area contributed by atoms with Crippen molar-refractivity contribution in [1.82, 2.24) is 19.6 Å². The Labute approximate surface area is 249 Å². The van der Waals surface area contributed by atoms with Gasteiger partial charge in [-0.2, -0.15) is 5.10 Å². The van der Waals surface area contributed by atoms with E-state index in [9.17, 15) is 13.5 Å². The molecule has 1 aliphatic heterocycles. The Bertz CT molecular complexity index is 1740. The van der Waals surface area contributed by atoms with Crippen LogP contribution in [0.15, 0.2) is 48.9 Å². The largest absolute Gasteiger partial charge is 0.385 e. The summed E-state index contributed by atoms with van der Waals surface area (Å²) >= 11 is 0. The molecule has 12 heteroatoms. The number of fused-ring (bicyclic) bond motifs is 1. The van der Waals surface area contributed by atoms with Gasteiger partial charge < -0.3 is 15.6 Å². The van der Waals surface area contributed by atoms with Crippen molar-refractivity contribution in [3.8, 4) is 11.3 Å². The highest BCUT2D eigenvalue weighted by atomic mass is 32.2. The van der Waals surface area contributed by atoms with E-state index in [-0.39, 0.29) is 41.5 Å². The monoisotopic (exact) mass is 611 g/mol. The third-order valence-corrected chi connectivity index (χ3v) is 10.8. The number of nitrogens with two attached hydrogens (primary N) is 1. The molecule has 4 atom stereocenters. The second kappa shape index (κ2) is 11.3. The Hall–Kier alpha value is -3.32. The molecule has 228 valence electrons. The van der Waals surface area contributed by atoms with Crippen molar-refractivity contribution < 1.29 is 27.0 Å². The van der Waals surface area contributed by atoms with Crippen molar-refractivity contribution in [2.24, 2.45) is 11.7 Å². The molecule has 1 saturated heterocycles. The molecule has 0 spiro atoms. The zero-order valence-corrected chi connectivity index (χ0v) is 24.9. The Morgan fingerprint density at radius 3 is 2.51 bits per heavy atom. The predicted molar refractivity (Wildman–Crippen MR) is 157 cm³/mol. The Morgan fingerprint density at radius 1 is 1.12 bits per heavy atom. The van der Waals surface area contributed by atoms with Gasteiger partial charge in [-0.25, -0.2) is 26.7 Å². The number of rotatable bonds is 6. The number of aromatic nitrogens is 4. The number of hydrogen-bond donors (Lipinski definition) is 2. The highest BCUT2D eigenvalue weighted by molar-refractivity contribution is 7.91. The fourth-order valence-corrected chi connectivity index (χ4v) is 8.68. The van der Waals surface area contributed by atoms with E-state index in [1.807, 2.05) is 13.0 Å². The lowest BCUT2D eigenvalue weighted by molar-refractivity contribution is -0.0682. The van der Waals surface area contributed by atoms with Gasteiger partial charge in [0, 0.05) is 57.2 Å². The molecule has 4 aromatic rings. The molecule has 3 aromatic heterocycles. The first-order chi connectivity index (χ1) is 20.4. The first kappa shape index (κ1) is 29.7. The number of halogens is 2. The highest BCUT2D eigenvalue weighted by Crippen LogP contribution is 2.40. The highest BCUT2D eigenvalue weighted by Gasteiger charge is 2.40. The van der Waals surface area contributed by atoms with Crippen LogP contribution >= 0.6 is 0 Å². The van der Waals surface area contributed by atoms with Gasteiger partial charge in [-0.05, 0) is 71.7 Å². The SMILES string of the molecule is C[C@H]1C[C@@H](c2ccncc2Cc2ncc3ccc(-c4c(F)cc(C5(O)CCOCC5)cc4F)nn23)C[C@@H](N)[C@@H]1S(C)(=O)=O. The summed E-state index contributed by atoms with van der Waals surface area (Å²) in [5.41, 5.74) is 7.62. The van der Waals surface area contributed by atoms with E-state index in [2.05, 4.69) is 15.1 Å². The molecule has 1 aliphatic carbocycles. The summed E-state index contributed by atoms with van der Waals surface area (Å²) in [6.45, 7) is 2.56. The third-order valence-electron chi connectivity index (χ3n) is 9.03. The van der Waals surface area contributed by atoms with Gasteiger partial charge in [-0.15, -0.1) is 0 Å². The van der Waals surface area contributed by atoms with Crippen LogP contribution in [0.5, 0.6) is 0 Å². The van der Waals surface area contributed by atoms with E-state index in [4.69, 9.17) is 10.5 Å². The topological polar surface area (TPSA) is 133 Å². The van der Waals surface area contributed by atoms with Crippen molar-refractivity contribution in [1.29, 1.82) is 0 Å². The van der Waals surface area contributed by atoms with E-state index in [0.29, 0.717) is 43.8 Å². The molecule has 0 amide bonds. The first-order valence-corrected chi connectivity index (χ1v) is 16.4. The summed E-state index contributed by atoms with van der Waals surface area (Å²) in [5.74, 6) is -1.13. The minimum Gasteiger partial charge on any atom is -0.385 e. The summed E-state index contributed by atoms with van der Waals surface area (Å²) in [4.78, 5) is 8.87. The molecule has 1 aromatic carbocycles. The average Bonchev–Trinajstić information content (AvgIpc) is 3.34. The fraction of sp³-hybridized carbons (Fsp3) is 0.452. The number of benzene rings is 1. The number of sulfone groups is 1. The maximum atomic E-state index is 15.4. The van der Waals surface area contributed by atoms with Crippen molar-refractivity contribution >= 4 is 15.4 Å². The van der Waals surface area contributed by atoms with Crippen LogP contribution in [-0.2, 0) is 26.6 Å². The van der Waals surface area contributed by atoms with Crippen LogP contribution in [-0.4, -0.2) is 63.9 Å². The zero-order chi connectivity index (χ0) is 30.5. The summed E-state index contributed by atoms with van der Waals surface area (Å²) in [6.07, 6.45) is 8.43. The van der Waals surface area contributed by atoms with E-state index < -0.39 is 38.4 Å². The molecule has 0 unspecified atom stereocenters. The van der Waals surface area contributed by atoms with Crippen molar-refractivity contribution in [2.45, 2.75) is 61.8 Å². The quantitative estimate of drug-likeness (QED) is 0.336. The van der Waals surface area contributed by atoms with Gasteiger partial charge in [0.05, 0.1) is 33.8 Å². The second-order valence-corrected chi connectivity index (χ2v) is 14.2. The zero-order valence-electron chi connectivity index (χ0n) is 24.1. The normalized spacial score (nSPS) is 24.3. The number of ether oxygens (including phenoxy) is 1. The van der Waals surface area contributed by atoms with Crippen LogP contribution in [0.1, 0.15) is 61.0 Å². The van der Waals surface area contributed by atoms with Gasteiger partial charge in [0.1, 0.15) is 17.5 Å². The fourth-order valence-electron chi connectivity index (χ4n) is 6.98. The number of hydrogen-bond acceptors (Lipinski definition) is 8. The van der Waals surface area contributed by atoms with Crippen LogP contribution in [0.3, 0.4) is 0 Å². The predicted octanol–water partition coefficient (Wildman–Crippen LogP) is 3.91. The summed E-state index contributed by atoms with van der Waals surface area (Å²) in [5, 5.41) is 14.9. The lowest BCUT2D eigenvalue weighted by Gasteiger charge is -2.38. The van der Waals surface area contributed by atoms with Crippen LogP contribution < -0.4 is 5.73 Å². The maximum Gasteiger partial charge on any atom is 0.152 e. The van der Waals surface area contributed by atoms with Gasteiger partial charge in [-0.1, -0.05) is 6.92 Å². The Kier molecular flexibility index (Phi) is 7.82. The molecule has 0 bridgehead atoms. The minimum absolute atomic E-state index is 0.0444. The van der Waals surface area contributed by atoms with Crippen molar-refractivity contribution in [3.05, 3.63) is 83.1 Å². The molecule has 6 rings (SSSR count). The molecule has 0 radical (unpaired) electrons. The molecule has 4 heterocycles. The summed E-state index contributed by atoms with van der Waals surface area (Å²) in [6, 6.07) is 7.06. The molecule has 2 aliphatic rings. The summed E-state index contributed by atoms with van der Waals surface area (Å²) in [7, 11) is -3.28. The average molecular weight is 612 g/mol. The Balaban J connectivity index is 1.31. The molecular formula is C31H35F2N5O4S. The maximum absolute atomic E-state index is 15.4. The second-order valence-electron chi connectivity index (χ2n) is 12.0. The van der Waals surface area contributed by atoms with Gasteiger partial charge in [0.25, 0.3) is 0 Å². The number of pyridine rings is 1. The Morgan fingerprint density at radius 2 is 1.84 bits per heavy atom. The number of imidazole rings is 1. The molecule has 2 fully saturated rings. The number of aliphatic hydroxyl groups is 1. The lowest BCUT2D eigenvalue weighted by Crippen LogP contribution is -2.48. The molecule has 9 nitrogen and oxygen atoms in total. The van der Waals surface area contributed by atoms with Crippen LogP contribution in [0, 0.1) is 17.6 Å². The first-order valence-electron chi connectivity index (χ1n) is 14.5. The van der Waals surface area contributed by atoms with Crippen molar-refractivity contribution in [3.63, 3.8) is 0 Å². The van der Waals surface area contributed by atoms with Crippen LogP contribution in [0.25, 0.3) is 16.8 Å². The molecule has 3 N–H and O–H groups in total.